The van der Waals surface area contributed by atoms with E-state index in [9.17, 15) is 0 Å². The van der Waals surface area contributed by atoms with Crippen LogP contribution < -0.4 is 16.4 Å². The van der Waals surface area contributed by atoms with E-state index in [0.29, 0.717) is 5.95 Å². The third-order valence-electron chi connectivity index (χ3n) is 3.87. The van der Waals surface area contributed by atoms with Crippen molar-refractivity contribution in [2.45, 2.75) is 51.9 Å². The number of nitrogen functional groups attached to an aromatic ring is 1. The summed E-state index contributed by atoms with van der Waals surface area (Å²) in [5, 5.41) is 6.59. The molecule has 0 unspecified atom stereocenters. The third kappa shape index (κ3) is 4.87. The van der Waals surface area contributed by atoms with Gasteiger partial charge in [-0.3, -0.25) is 0 Å². The lowest BCUT2D eigenvalue weighted by Crippen LogP contribution is -2.10. The van der Waals surface area contributed by atoms with Crippen LogP contribution in [0.2, 0.25) is 0 Å². The van der Waals surface area contributed by atoms with Gasteiger partial charge in [0.25, 0.3) is 0 Å². The van der Waals surface area contributed by atoms with Gasteiger partial charge in [-0.2, -0.15) is 9.97 Å². The van der Waals surface area contributed by atoms with E-state index in [1.165, 1.54) is 38.5 Å². The minimum atomic E-state index is 0.324. The Balaban J connectivity index is 1.74. The molecule has 0 atom stereocenters. The van der Waals surface area contributed by atoms with Crippen LogP contribution in [0.15, 0.2) is 6.07 Å². The molecule has 112 valence electrons. The molecule has 1 aromatic rings. The lowest BCUT2D eigenvalue weighted by molar-refractivity contribution is 0.491. The van der Waals surface area contributed by atoms with Crippen molar-refractivity contribution in [2.75, 3.05) is 29.5 Å². The number of nitrogens with one attached hydrogen (secondary N) is 2. The lowest BCUT2D eigenvalue weighted by atomic mass is 10.0. The van der Waals surface area contributed by atoms with Crippen molar-refractivity contribution >= 4 is 17.6 Å². The zero-order chi connectivity index (χ0) is 14.2. The molecule has 0 radical (unpaired) electrons. The summed E-state index contributed by atoms with van der Waals surface area (Å²) >= 11 is 0. The second-order valence-electron chi connectivity index (χ2n) is 5.64. The molecule has 1 heterocycles. The molecule has 2 rings (SSSR count). The van der Waals surface area contributed by atoms with E-state index in [4.69, 9.17) is 5.73 Å². The molecule has 0 spiro atoms. The molecule has 5 nitrogen and oxygen atoms in total. The maximum absolute atomic E-state index is 5.73. The molecule has 0 amide bonds. The predicted octanol–water partition coefficient (Wildman–Crippen LogP) is 3.26. The maximum Gasteiger partial charge on any atom is 0.223 e. The van der Waals surface area contributed by atoms with Crippen LogP contribution in [0.4, 0.5) is 17.6 Å². The largest absolute Gasteiger partial charge is 0.370 e. The number of anilines is 3. The molecule has 1 aliphatic rings. The van der Waals surface area contributed by atoms with Crippen LogP contribution >= 0.6 is 0 Å². The molecule has 0 saturated heterocycles. The summed E-state index contributed by atoms with van der Waals surface area (Å²) in [5.74, 6) is 2.90. The second kappa shape index (κ2) is 7.92. The maximum atomic E-state index is 5.73. The highest BCUT2D eigenvalue weighted by Crippen LogP contribution is 2.28. The molecule has 0 bridgehead atoms. The van der Waals surface area contributed by atoms with Crippen LogP contribution in [0.3, 0.4) is 0 Å². The second-order valence-corrected chi connectivity index (χ2v) is 5.64. The smallest absolute Gasteiger partial charge is 0.223 e. The first-order chi connectivity index (χ1) is 9.78. The van der Waals surface area contributed by atoms with Gasteiger partial charge < -0.3 is 16.4 Å². The van der Waals surface area contributed by atoms with Crippen molar-refractivity contribution in [1.82, 2.24) is 9.97 Å². The Kier molecular flexibility index (Phi) is 5.89. The topological polar surface area (TPSA) is 75.9 Å². The van der Waals surface area contributed by atoms with E-state index in [2.05, 4.69) is 27.5 Å². The summed E-state index contributed by atoms with van der Waals surface area (Å²) in [7, 11) is 0. The van der Waals surface area contributed by atoms with E-state index in [1.54, 1.807) is 0 Å². The first kappa shape index (κ1) is 14.9. The number of hydrogen-bond donors (Lipinski definition) is 3. The normalized spacial score (nSPS) is 15.4. The number of nitrogens with two attached hydrogens (primary N) is 1. The summed E-state index contributed by atoms with van der Waals surface area (Å²) in [5.41, 5.74) is 5.73. The summed E-state index contributed by atoms with van der Waals surface area (Å²) in [6.45, 7) is 3.98. The third-order valence-corrected chi connectivity index (χ3v) is 3.87. The SMILES string of the molecule is CCCNc1cc(NCCCC2CCCC2)nc(N)n1. The summed E-state index contributed by atoms with van der Waals surface area (Å²) < 4.78 is 0. The average Bonchev–Trinajstić information content (AvgIpc) is 2.94. The Hall–Kier alpha value is -1.52. The van der Waals surface area contributed by atoms with Crippen molar-refractivity contribution in [2.24, 2.45) is 5.92 Å². The van der Waals surface area contributed by atoms with Crippen LogP contribution in [0.5, 0.6) is 0 Å². The van der Waals surface area contributed by atoms with E-state index >= 15 is 0 Å². The van der Waals surface area contributed by atoms with Gasteiger partial charge >= 0.3 is 0 Å². The Bertz CT molecular complexity index is 401. The molecular formula is C15H27N5. The van der Waals surface area contributed by atoms with Crippen LogP contribution in [-0.4, -0.2) is 23.1 Å². The van der Waals surface area contributed by atoms with Gasteiger partial charge in [-0.05, 0) is 25.2 Å². The monoisotopic (exact) mass is 277 g/mol. The van der Waals surface area contributed by atoms with Gasteiger partial charge in [-0.1, -0.05) is 32.6 Å². The van der Waals surface area contributed by atoms with Crippen molar-refractivity contribution in [3.8, 4) is 0 Å². The molecule has 0 aromatic carbocycles. The highest BCUT2D eigenvalue weighted by molar-refractivity contribution is 5.50. The quantitative estimate of drug-likeness (QED) is 0.636. The minimum Gasteiger partial charge on any atom is -0.370 e. The van der Waals surface area contributed by atoms with Gasteiger partial charge in [-0.15, -0.1) is 0 Å². The first-order valence-corrected chi connectivity index (χ1v) is 7.90. The highest BCUT2D eigenvalue weighted by atomic mass is 15.1. The standard InChI is InChI=1S/C15H27N5/c1-2-9-17-13-11-14(20-15(16)19-13)18-10-5-8-12-6-3-4-7-12/h11-12H,2-10H2,1H3,(H4,16,17,18,19,20). The van der Waals surface area contributed by atoms with E-state index in [-0.39, 0.29) is 0 Å². The Morgan fingerprint density at radius 2 is 1.80 bits per heavy atom. The summed E-state index contributed by atoms with van der Waals surface area (Å²) in [4.78, 5) is 8.40. The molecule has 0 aliphatic heterocycles. The van der Waals surface area contributed by atoms with Gasteiger partial charge in [0.15, 0.2) is 0 Å². The summed E-state index contributed by atoms with van der Waals surface area (Å²) in [6, 6.07) is 1.93. The van der Waals surface area contributed by atoms with Crippen LogP contribution in [0, 0.1) is 5.92 Å². The number of rotatable bonds is 8. The van der Waals surface area contributed by atoms with Crippen LogP contribution in [0.25, 0.3) is 0 Å². The van der Waals surface area contributed by atoms with E-state index in [0.717, 1.165) is 37.1 Å². The van der Waals surface area contributed by atoms with Gasteiger partial charge in [0.1, 0.15) is 11.6 Å². The Labute approximate surface area is 121 Å². The van der Waals surface area contributed by atoms with E-state index < -0.39 is 0 Å². The molecule has 1 aromatic heterocycles. The lowest BCUT2D eigenvalue weighted by Gasteiger charge is -2.11. The highest BCUT2D eigenvalue weighted by Gasteiger charge is 2.13. The van der Waals surface area contributed by atoms with Gasteiger partial charge in [0, 0.05) is 19.2 Å². The van der Waals surface area contributed by atoms with E-state index in [1.807, 2.05) is 6.07 Å². The number of hydrogen-bond acceptors (Lipinski definition) is 5. The fourth-order valence-corrected chi connectivity index (χ4v) is 2.81. The van der Waals surface area contributed by atoms with Crippen molar-refractivity contribution in [1.29, 1.82) is 0 Å². The van der Waals surface area contributed by atoms with Gasteiger partial charge in [-0.25, -0.2) is 0 Å². The summed E-state index contributed by atoms with van der Waals surface area (Å²) in [6.07, 6.45) is 9.28. The average molecular weight is 277 g/mol. The molecule has 1 aliphatic carbocycles. The number of aromatic nitrogens is 2. The first-order valence-electron chi connectivity index (χ1n) is 7.90. The zero-order valence-electron chi connectivity index (χ0n) is 12.5. The molecule has 5 heteroatoms. The Morgan fingerprint density at radius 1 is 1.15 bits per heavy atom. The zero-order valence-corrected chi connectivity index (χ0v) is 12.5. The van der Waals surface area contributed by atoms with Crippen molar-refractivity contribution in [3.05, 3.63) is 6.07 Å². The predicted molar refractivity (Wildman–Crippen MR) is 84.9 cm³/mol. The molecule has 4 N–H and O–H groups in total. The van der Waals surface area contributed by atoms with Gasteiger partial charge in [0.2, 0.25) is 5.95 Å². The van der Waals surface area contributed by atoms with Gasteiger partial charge in [0.05, 0.1) is 0 Å². The fourth-order valence-electron chi connectivity index (χ4n) is 2.81. The minimum absolute atomic E-state index is 0.324. The van der Waals surface area contributed by atoms with Crippen molar-refractivity contribution < 1.29 is 0 Å². The van der Waals surface area contributed by atoms with Crippen LogP contribution in [-0.2, 0) is 0 Å². The number of nitrogens with zero attached hydrogens (tertiary/aromatic N) is 2. The van der Waals surface area contributed by atoms with Crippen LogP contribution in [0.1, 0.15) is 51.9 Å². The molecule has 1 fully saturated rings. The Morgan fingerprint density at radius 3 is 2.45 bits per heavy atom. The molecule has 1 saturated carbocycles. The molecular weight excluding hydrogens is 250 g/mol. The fraction of sp³-hybridized carbons (Fsp3) is 0.733. The molecule has 20 heavy (non-hydrogen) atoms. The van der Waals surface area contributed by atoms with Crippen molar-refractivity contribution in [3.63, 3.8) is 0 Å².